The summed E-state index contributed by atoms with van der Waals surface area (Å²) in [6.45, 7) is 1.19. The Balaban J connectivity index is 1.54. The molecule has 148 valence electrons. The molecule has 1 aliphatic heterocycles. The molecular formula is C23H21F2N3O. The van der Waals surface area contributed by atoms with Crippen molar-refractivity contribution in [2.24, 2.45) is 0 Å². The van der Waals surface area contributed by atoms with Gasteiger partial charge in [-0.3, -0.25) is 14.8 Å². The minimum Gasteiger partial charge on any atom is -0.342 e. The Morgan fingerprint density at radius 2 is 1.79 bits per heavy atom. The SMILES string of the molecule is O=C(Cc1ccc(F)cc1)N1CCCC(c2nccnc2-c2ccccc2F)C1. The Hall–Kier alpha value is -3.15. The number of piperidine rings is 1. The van der Waals surface area contributed by atoms with Gasteiger partial charge in [-0.25, -0.2) is 8.78 Å². The fraction of sp³-hybridized carbons (Fsp3) is 0.261. The molecule has 0 radical (unpaired) electrons. The number of nitrogens with zero attached hydrogens (tertiary/aromatic N) is 3. The molecule has 6 heteroatoms. The van der Waals surface area contributed by atoms with E-state index in [0.717, 1.165) is 24.1 Å². The Kier molecular flexibility index (Phi) is 5.60. The highest BCUT2D eigenvalue weighted by atomic mass is 19.1. The summed E-state index contributed by atoms with van der Waals surface area (Å²) in [5.74, 6) is -0.668. The molecule has 0 N–H and O–H groups in total. The van der Waals surface area contributed by atoms with Gasteiger partial charge in [0.15, 0.2) is 0 Å². The Labute approximate surface area is 168 Å². The molecule has 1 unspecified atom stereocenters. The van der Waals surface area contributed by atoms with Crippen molar-refractivity contribution in [3.8, 4) is 11.3 Å². The molecule has 1 atom stereocenters. The Morgan fingerprint density at radius 3 is 2.59 bits per heavy atom. The molecule has 1 saturated heterocycles. The summed E-state index contributed by atoms with van der Waals surface area (Å²) < 4.78 is 27.4. The van der Waals surface area contributed by atoms with Crippen LogP contribution in [0.4, 0.5) is 8.78 Å². The third kappa shape index (κ3) is 4.31. The maximum atomic E-state index is 14.3. The molecule has 0 bridgehead atoms. The van der Waals surface area contributed by atoms with Gasteiger partial charge in [-0.05, 0) is 42.7 Å². The average molecular weight is 393 g/mol. The number of halogens is 2. The summed E-state index contributed by atoms with van der Waals surface area (Å²) in [7, 11) is 0. The van der Waals surface area contributed by atoms with Gasteiger partial charge >= 0.3 is 0 Å². The van der Waals surface area contributed by atoms with Gasteiger partial charge in [-0.1, -0.05) is 24.3 Å². The lowest BCUT2D eigenvalue weighted by molar-refractivity contribution is -0.131. The summed E-state index contributed by atoms with van der Waals surface area (Å²) in [5.41, 5.74) is 2.45. The molecule has 4 nitrogen and oxygen atoms in total. The van der Waals surface area contributed by atoms with Gasteiger partial charge in [-0.15, -0.1) is 0 Å². The molecule has 2 heterocycles. The lowest BCUT2D eigenvalue weighted by Crippen LogP contribution is -2.40. The van der Waals surface area contributed by atoms with Crippen LogP contribution in [0.1, 0.15) is 30.0 Å². The standard InChI is InChI=1S/C23H21F2N3O/c24-18-9-7-16(8-10-18)14-21(29)28-13-3-4-17(15-28)22-23(27-12-11-26-22)19-5-1-2-6-20(19)25/h1-2,5-12,17H,3-4,13-15H2. The van der Waals surface area contributed by atoms with E-state index in [1.54, 1.807) is 42.7 Å². The van der Waals surface area contributed by atoms with Crippen molar-refractivity contribution < 1.29 is 13.6 Å². The average Bonchev–Trinajstić information content (AvgIpc) is 2.76. The third-order valence-electron chi connectivity index (χ3n) is 5.28. The van der Waals surface area contributed by atoms with E-state index >= 15 is 0 Å². The highest BCUT2D eigenvalue weighted by Crippen LogP contribution is 2.32. The number of hydrogen-bond acceptors (Lipinski definition) is 3. The fourth-order valence-corrected chi connectivity index (χ4v) is 3.82. The van der Waals surface area contributed by atoms with Crippen LogP contribution in [-0.2, 0) is 11.2 Å². The van der Waals surface area contributed by atoms with Gasteiger partial charge in [0.25, 0.3) is 0 Å². The van der Waals surface area contributed by atoms with Crippen LogP contribution in [-0.4, -0.2) is 33.9 Å². The highest BCUT2D eigenvalue weighted by molar-refractivity contribution is 5.79. The number of amides is 1. The van der Waals surface area contributed by atoms with E-state index < -0.39 is 0 Å². The zero-order chi connectivity index (χ0) is 20.2. The fourth-order valence-electron chi connectivity index (χ4n) is 3.82. The number of hydrogen-bond donors (Lipinski definition) is 0. The summed E-state index contributed by atoms with van der Waals surface area (Å²) in [5, 5.41) is 0. The van der Waals surface area contributed by atoms with Crippen LogP contribution in [0.2, 0.25) is 0 Å². The largest absolute Gasteiger partial charge is 0.342 e. The second-order valence-electron chi connectivity index (χ2n) is 7.25. The van der Waals surface area contributed by atoms with Crippen LogP contribution >= 0.6 is 0 Å². The Morgan fingerprint density at radius 1 is 1.03 bits per heavy atom. The quantitative estimate of drug-likeness (QED) is 0.661. The second kappa shape index (κ2) is 8.47. The van der Waals surface area contributed by atoms with E-state index in [9.17, 15) is 13.6 Å². The van der Waals surface area contributed by atoms with Crippen LogP contribution in [0.3, 0.4) is 0 Å². The second-order valence-corrected chi connectivity index (χ2v) is 7.25. The molecule has 2 aromatic carbocycles. The topological polar surface area (TPSA) is 46.1 Å². The van der Waals surface area contributed by atoms with E-state index in [0.29, 0.717) is 24.3 Å². The van der Waals surface area contributed by atoms with Gasteiger partial charge in [0, 0.05) is 37.0 Å². The molecule has 0 spiro atoms. The molecule has 1 fully saturated rings. The monoisotopic (exact) mass is 393 g/mol. The van der Waals surface area contributed by atoms with Crippen molar-refractivity contribution >= 4 is 5.91 Å². The van der Waals surface area contributed by atoms with Gasteiger partial charge < -0.3 is 4.90 Å². The first-order valence-electron chi connectivity index (χ1n) is 9.70. The molecule has 1 aliphatic rings. The number of benzene rings is 2. The molecule has 3 aromatic rings. The Bertz CT molecular complexity index is 1010. The lowest BCUT2D eigenvalue weighted by atomic mass is 9.91. The van der Waals surface area contributed by atoms with E-state index in [1.807, 2.05) is 4.90 Å². The summed E-state index contributed by atoms with van der Waals surface area (Å²) in [6, 6.07) is 12.5. The predicted octanol–water partition coefficient (Wildman–Crippen LogP) is 4.37. The minimum atomic E-state index is -0.339. The van der Waals surface area contributed by atoms with E-state index in [2.05, 4.69) is 9.97 Å². The third-order valence-corrected chi connectivity index (χ3v) is 5.28. The number of carbonyl (C=O) groups excluding carboxylic acids is 1. The van der Waals surface area contributed by atoms with Crippen LogP contribution in [0.25, 0.3) is 11.3 Å². The molecule has 4 rings (SSSR count). The van der Waals surface area contributed by atoms with Gasteiger partial charge in [0.2, 0.25) is 5.91 Å². The van der Waals surface area contributed by atoms with Gasteiger partial charge in [0.1, 0.15) is 11.6 Å². The number of likely N-dealkylation sites (tertiary alicyclic amines) is 1. The normalized spacial score (nSPS) is 16.6. The van der Waals surface area contributed by atoms with Crippen LogP contribution in [0, 0.1) is 11.6 Å². The summed E-state index contributed by atoms with van der Waals surface area (Å²) in [4.78, 5) is 23.5. The molecular weight excluding hydrogens is 372 g/mol. The van der Waals surface area contributed by atoms with E-state index in [4.69, 9.17) is 0 Å². The van der Waals surface area contributed by atoms with Crippen molar-refractivity contribution in [3.05, 3.63) is 83.8 Å². The minimum absolute atomic E-state index is 0.00219. The number of rotatable bonds is 4. The predicted molar refractivity (Wildman–Crippen MR) is 106 cm³/mol. The van der Waals surface area contributed by atoms with E-state index in [1.165, 1.54) is 18.2 Å². The summed E-state index contributed by atoms with van der Waals surface area (Å²) in [6.07, 6.45) is 5.10. The first kappa shape index (κ1) is 19.2. The summed E-state index contributed by atoms with van der Waals surface area (Å²) >= 11 is 0. The van der Waals surface area contributed by atoms with Crippen molar-refractivity contribution in [3.63, 3.8) is 0 Å². The molecule has 29 heavy (non-hydrogen) atoms. The van der Waals surface area contributed by atoms with Crippen LogP contribution in [0.15, 0.2) is 60.9 Å². The molecule has 1 amide bonds. The van der Waals surface area contributed by atoms with Crippen LogP contribution < -0.4 is 0 Å². The highest BCUT2D eigenvalue weighted by Gasteiger charge is 2.28. The van der Waals surface area contributed by atoms with Crippen molar-refractivity contribution in [1.29, 1.82) is 0 Å². The van der Waals surface area contributed by atoms with Crippen LogP contribution in [0.5, 0.6) is 0 Å². The molecule has 0 saturated carbocycles. The molecule has 0 aliphatic carbocycles. The maximum Gasteiger partial charge on any atom is 0.227 e. The van der Waals surface area contributed by atoms with Crippen molar-refractivity contribution in [2.45, 2.75) is 25.2 Å². The first-order chi connectivity index (χ1) is 14.1. The van der Waals surface area contributed by atoms with Crippen molar-refractivity contribution in [2.75, 3.05) is 13.1 Å². The molecule has 1 aromatic heterocycles. The smallest absolute Gasteiger partial charge is 0.227 e. The first-order valence-corrected chi connectivity index (χ1v) is 9.70. The zero-order valence-electron chi connectivity index (χ0n) is 15.9. The van der Waals surface area contributed by atoms with Gasteiger partial charge in [-0.2, -0.15) is 0 Å². The zero-order valence-corrected chi connectivity index (χ0v) is 15.9. The number of carbonyl (C=O) groups is 1. The van der Waals surface area contributed by atoms with E-state index in [-0.39, 0.29) is 29.9 Å². The maximum absolute atomic E-state index is 14.3. The van der Waals surface area contributed by atoms with Gasteiger partial charge in [0.05, 0.1) is 17.8 Å². The number of aromatic nitrogens is 2. The van der Waals surface area contributed by atoms with Crippen molar-refractivity contribution in [1.82, 2.24) is 14.9 Å². The lowest BCUT2D eigenvalue weighted by Gasteiger charge is -2.33.